The van der Waals surface area contributed by atoms with Crippen LogP contribution in [-0.2, 0) is 9.59 Å². The molecule has 0 saturated carbocycles. The number of carbonyl (C=O) groups excluding carboxylic acids is 2. The van der Waals surface area contributed by atoms with Crippen LogP contribution in [0.4, 0.5) is 0 Å². The van der Waals surface area contributed by atoms with Crippen LogP contribution in [0.25, 0.3) is 0 Å². The fourth-order valence-corrected chi connectivity index (χ4v) is 4.01. The van der Waals surface area contributed by atoms with Gasteiger partial charge in [-0.1, -0.05) is 57.6 Å². The van der Waals surface area contributed by atoms with E-state index < -0.39 is 8.07 Å². The van der Waals surface area contributed by atoms with Crippen LogP contribution >= 0.6 is 11.6 Å². The zero-order valence-corrected chi connectivity index (χ0v) is 16.3. The molecule has 1 rings (SSSR count). The Bertz CT molecular complexity index is 541. The van der Waals surface area contributed by atoms with Crippen molar-refractivity contribution in [2.24, 2.45) is 0 Å². The Labute approximate surface area is 140 Å². The van der Waals surface area contributed by atoms with Gasteiger partial charge in [-0.3, -0.25) is 0 Å². The Kier molecular flexibility index (Phi) is 6.16. The summed E-state index contributed by atoms with van der Waals surface area (Å²) in [6.45, 7) is 12.3. The minimum Gasteiger partial charge on any atom is -0.305 e. The summed E-state index contributed by atoms with van der Waals surface area (Å²) in [7, 11) is -2.04. The molecule has 0 heterocycles. The molecule has 0 fully saturated rings. The first kappa shape index (κ1) is 19.1. The lowest BCUT2D eigenvalue weighted by molar-refractivity contribution is -0.117. The van der Waals surface area contributed by atoms with Crippen LogP contribution in [0.15, 0.2) is 24.3 Å². The number of halogens is 1. The van der Waals surface area contributed by atoms with E-state index in [0.29, 0.717) is 23.3 Å². The smallest absolute Gasteiger partial charge is 0.132 e. The van der Waals surface area contributed by atoms with Crippen LogP contribution in [0.3, 0.4) is 0 Å². The van der Waals surface area contributed by atoms with Gasteiger partial charge in [-0.05, 0) is 35.6 Å². The maximum atomic E-state index is 12.9. The van der Waals surface area contributed by atoms with Crippen LogP contribution in [0.5, 0.6) is 0 Å². The molecule has 4 heteroatoms. The van der Waals surface area contributed by atoms with Gasteiger partial charge in [0.25, 0.3) is 0 Å². The SMILES string of the molecule is CC(=O)CC(CC(=O)[Si](C)(C)C(C)(C)C)c1ccc(Cl)cc1. The van der Waals surface area contributed by atoms with Crippen molar-refractivity contribution in [3.63, 3.8) is 0 Å². The highest BCUT2D eigenvalue weighted by molar-refractivity contribution is 7.06. The largest absolute Gasteiger partial charge is 0.305 e. The zero-order valence-electron chi connectivity index (χ0n) is 14.5. The summed E-state index contributed by atoms with van der Waals surface area (Å²) in [5.74, 6) is 0.0689. The van der Waals surface area contributed by atoms with E-state index in [2.05, 4.69) is 33.9 Å². The van der Waals surface area contributed by atoms with Crippen molar-refractivity contribution < 1.29 is 9.59 Å². The molecule has 1 atom stereocenters. The van der Waals surface area contributed by atoms with Crippen LogP contribution < -0.4 is 0 Å². The van der Waals surface area contributed by atoms with E-state index in [4.69, 9.17) is 11.6 Å². The molecule has 0 saturated heterocycles. The van der Waals surface area contributed by atoms with Crippen molar-refractivity contribution in [1.29, 1.82) is 0 Å². The van der Waals surface area contributed by atoms with Crippen molar-refractivity contribution in [3.05, 3.63) is 34.9 Å². The van der Waals surface area contributed by atoms with Gasteiger partial charge in [-0.25, -0.2) is 0 Å². The third kappa shape index (κ3) is 4.78. The minimum atomic E-state index is -2.04. The molecular weight excluding hydrogens is 312 g/mol. The Morgan fingerprint density at radius 2 is 1.59 bits per heavy atom. The minimum absolute atomic E-state index is 0.0187. The molecule has 2 nitrogen and oxygen atoms in total. The van der Waals surface area contributed by atoms with E-state index in [1.807, 2.05) is 24.3 Å². The van der Waals surface area contributed by atoms with E-state index in [1.165, 1.54) is 0 Å². The first-order chi connectivity index (χ1) is 9.95. The molecule has 22 heavy (non-hydrogen) atoms. The summed E-state index contributed by atoms with van der Waals surface area (Å²) in [4.78, 5) is 24.5. The van der Waals surface area contributed by atoms with Gasteiger partial charge in [0.05, 0.1) is 0 Å². The molecule has 0 spiro atoms. The quantitative estimate of drug-likeness (QED) is 0.650. The Hall–Kier alpha value is -0.933. The van der Waals surface area contributed by atoms with E-state index in [-0.39, 0.29) is 16.7 Å². The van der Waals surface area contributed by atoms with Gasteiger partial charge in [-0.2, -0.15) is 0 Å². The van der Waals surface area contributed by atoms with Crippen molar-refractivity contribution in [3.8, 4) is 0 Å². The van der Waals surface area contributed by atoms with Crippen molar-refractivity contribution in [2.45, 2.75) is 64.6 Å². The van der Waals surface area contributed by atoms with Crippen LogP contribution in [-0.4, -0.2) is 19.3 Å². The molecular formula is C18H27ClO2Si. The lowest BCUT2D eigenvalue weighted by Crippen LogP contribution is -2.46. The highest BCUT2D eigenvalue weighted by Crippen LogP contribution is 2.39. The van der Waals surface area contributed by atoms with Gasteiger partial charge < -0.3 is 9.59 Å². The first-order valence-electron chi connectivity index (χ1n) is 7.73. The van der Waals surface area contributed by atoms with E-state index in [0.717, 1.165) is 5.56 Å². The number of Topliss-reactive ketones (excluding diaryl/α,β-unsaturated/α-hetero) is 1. The maximum absolute atomic E-state index is 12.9. The molecule has 1 aromatic carbocycles. The molecule has 0 radical (unpaired) electrons. The molecule has 1 unspecified atom stereocenters. The summed E-state index contributed by atoms with van der Waals surface area (Å²) < 4.78 is 0. The second kappa shape index (κ2) is 7.09. The number of rotatable bonds is 6. The third-order valence-electron chi connectivity index (χ3n) is 4.88. The standard InChI is InChI=1S/C18H27ClO2Si/c1-13(20)11-15(14-7-9-16(19)10-8-14)12-17(21)22(5,6)18(2,3)4/h7-10,15H,11-12H2,1-6H3. The number of benzene rings is 1. The molecule has 122 valence electrons. The normalized spacial score (nSPS) is 13.8. The molecule has 1 aromatic rings. The number of hydrogen-bond donors (Lipinski definition) is 0. The van der Waals surface area contributed by atoms with Gasteiger partial charge in [0.15, 0.2) is 0 Å². The predicted molar refractivity (Wildman–Crippen MR) is 96.3 cm³/mol. The number of ketones is 1. The van der Waals surface area contributed by atoms with Crippen molar-refractivity contribution in [2.75, 3.05) is 0 Å². The Morgan fingerprint density at radius 3 is 2.00 bits per heavy atom. The zero-order chi connectivity index (χ0) is 17.1. The average Bonchev–Trinajstić information content (AvgIpc) is 2.36. The van der Waals surface area contributed by atoms with E-state index in [1.54, 1.807) is 6.92 Å². The first-order valence-corrected chi connectivity index (χ1v) is 11.1. The van der Waals surface area contributed by atoms with E-state index in [9.17, 15) is 9.59 Å². The fraction of sp³-hybridized carbons (Fsp3) is 0.556. The second-order valence-corrected chi connectivity index (χ2v) is 13.4. The second-order valence-electron chi connectivity index (χ2n) is 7.66. The fourth-order valence-electron chi connectivity index (χ4n) is 2.29. The molecule has 0 aliphatic heterocycles. The van der Waals surface area contributed by atoms with Gasteiger partial charge in [0, 0.05) is 17.9 Å². The number of carbonyl (C=O) groups is 2. The summed E-state index contributed by atoms with van der Waals surface area (Å²) >= 11 is 5.93. The summed E-state index contributed by atoms with van der Waals surface area (Å²) in [6.07, 6.45) is 0.847. The van der Waals surface area contributed by atoms with Gasteiger partial charge in [0.2, 0.25) is 0 Å². The molecule has 0 N–H and O–H groups in total. The molecule has 0 amide bonds. The predicted octanol–water partition coefficient (Wildman–Crippen LogP) is 5.41. The maximum Gasteiger partial charge on any atom is 0.132 e. The van der Waals surface area contributed by atoms with Crippen LogP contribution in [0.1, 0.15) is 52.0 Å². The van der Waals surface area contributed by atoms with E-state index >= 15 is 0 Å². The third-order valence-corrected chi connectivity index (χ3v) is 10.5. The Balaban J connectivity index is 3.02. The summed E-state index contributed by atoms with van der Waals surface area (Å²) in [6, 6.07) is 7.49. The molecule has 0 aliphatic carbocycles. The average molecular weight is 339 g/mol. The Morgan fingerprint density at radius 1 is 1.09 bits per heavy atom. The topological polar surface area (TPSA) is 34.1 Å². The highest BCUT2D eigenvalue weighted by atomic mass is 35.5. The lowest BCUT2D eigenvalue weighted by atomic mass is 9.91. The highest BCUT2D eigenvalue weighted by Gasteiger charge is 2.42. The van der Waals surface area contributed by atoms with Crippen LogP contribution in [0.2, 0.25) is 23.2 Å². The van der Waals surface area contributed by atoms with Gasteiger partial charge in [0.1, 0.15) is 19.3 Å². The molecule has 0 aliphatic rings. The van der Waals surface area contributed by atoms with Crippen molar-refractivity contribution >= 4 is 30.9 Å². The summed E-state index contributed by atoms with van der Waals surface area (Å²) in [5, 5.41) is 1.02. The monoisotopic (exact) mass is 338 g/mol. The van der Waals surface area contributed by atoms with Gasteiger partial charge >= 0.3 is 0 Å². The van der Waals surface area contributed by atoms with Gasteiger partial charge in [-0.15, -0.1) is 0 Å². The molecule has 0 aromatic heterocycles. The lowest BCUT2D eigenvalue weighted by Gasteiger charge is -2.36. The summed E-state index contributed by atoms with van der Waals surface area (Å²) in [5.41, 5.74) is 1.02. The molecule has 0 bridgehead atoms. The number of hydrogen-bond acceptors (Lipinski definition) is 2. The van der Waals surface area contributed by atoms with Crippen LogP contribution in [0, 0.1) is 0 Å². The van der Waals surface area contributed by atoms with Crippen molar-refractivity contribution in [1.82, 2.24) is 0 Å².